The van der Waals surface area contributed by atoms with E-state index in [-0.39, 0.29) is 17.9 Å². The summed E-state index contributed by atoms with van der Waals surface area (Å²) in [5.74, 6) is 0.351. The number of hydrogen-bond donors (Lipinski definition) is 2. The predicted octanol–water partition coefficient (Wildman–Crippen LogP) is 3.72. The maximum absolute atomic E-state index is 12.3. The van der Waals surface area contributed by atoms with E-state index in [1.54, 1.807) is 18.2 Å². The number of carbonyl (C=O) groups excluding carboxylic acids is 1. The lowest BCUT2D eigenvalue weighted by atomic mass is 10.1. The molecule has 0 aliphatic carbocycles. The Balaban J connectivity index is 1.47. The average Bonchev–Trinajstić information content (AvgIpc) is 3.02. The van der Waals surface area contributed by atoms with Crippen LogP contribution in [-0.2, 0) is 11.2 Å². The minimum Gasteiger partial charge on any atom is -0.310 e. The van der Waals surface area contributed by atoms with E-state index >= 15 is 0 Å². The SMILES string of the molecule is Cc1cc(C)c2nc(NC(=O)CCc3nc4ccccc4c(=O)[nH]3)sc2c1. The number of aromatic amines is 1. The Bertz CT molecular complexity index is 1230. The van der Waals surface area contributed by atoms with Gasteiger partial charge in [-0.1, -0.05) is 29.5 Å². The monoisotopic (exact) mass is 378 g/mol. The summed E-state index contributed by atoms with van der Waals surface area (Å²) in [6, 6.07) is 11.3. The molecule has 0 spiro atoms. The zero-order valence-corrected chi connectivity index (χ0v) is 15.8. The number of rotatable bonds is 4. The molecule has 0 radical (unpaired) electrons. The molecule has 2 aromatic carbocycles. The lowest BCUT2D eigenvalue weighted by molar-refractivity contribution is -0.116. The van der Waals surface area contributed by atoms with Gasteiger partial charge in [0.1, 0.15) is 5.82 Å². The molecule has 2 N–H and O–H groups in total. The third-order valence-corrected chi connectivity index (χ3v) is 5.24. The molecule has 1 amide bonds. The number of H-pyrrole nitrogens is 1. The van der Waals surface area contributed by atoms with Gasteiger partial charge in [-0.05, 0) is 43.2 Å². The Morgan fingerprint density at radius 2 is 2.00 bits per heavy atom. The minimum absolute atomic E-state index is 0.153. The predicted molar refractivity (Wildman–Crippen MR) is 108 cm³/mol. The molecular formula is C20H18N4O2S. The number of hydrogen-bond acceptors (Lipinski definition) is 5. The van der Waals surface area contributed by atoms with E-state index in [0.29, 0.717) is 28.3 Å². The van der Waals surface area contributed by atoms with Crippen molar-refractivity contribution in [2.75, 3.05) is 5.32 Å². The molecule has 0 saturated heterocycles. The molecule has 0 aliphatic heterocycles. The van der Waals surface area contributed by atoms with E-state index in [9.17, 15) is 9.59 Å². The third kappa shape index (κ3) is 3.59. The van der Waals surface area contributed by atoms with E-state index in [1.165, 1.54) is 16.9 Å². The molecule has 2 aromatic heterocycles. The van der Waals surface area contributed by atoms with Crippen molar-refractivity contribution in [2.24, 2.45) is 0 Å². The lowest BCUT2D eigenvalue weighted by Crippen LogP contribution is -2.16. The van der Waals surface area contributed by atoms with Crippen molar-refractivity contribution in [2.45, 2.75) is 26.7 Å². The van der Waals surface area contributed by atoms with Crippen molar-refractivity contribution in [1.82, 2.24) is 15.0 Å². The summed E-state index contributed by atoms with van der Waals surface area (Å²) < 4.78 is 1.06. The smallest absolute Gasteiger partial charge is 0.258 e. The number of nitrogens with one attached hydrogen (secondary N) is 2. The molecule has 0 atom stereocenters. The zero-order valence-electron chi connectivity index (χ0n) is 15.0. The molecule has 7 heteroatoms. The number of thiazole rings is 1. The van der Waals surface area contributed by atoms with Gasteiger partial charge in [0, 0.05) is 12.8 Å². The fourth-order valence-electron chi connectivity index (χ4n) is 3.09. The number of nitrogens with zero attached hydrogens (tertiary/aromatic N) is 2. The normalized spacial score (nSPS) is 11.2. The highest BCUT2D eigenvalue weighted by atomic mass is 32.1. The standard InChI is InChI=1S/C20H18N4O2S/c1-11-9-12(2)18-15(10-11)27-20(24-18)23-17(25)8-7-16-21-14-6-4-3-5-13(14)19(26)22-16/h3-6,9-10H,7-8H2,1-2H3,(H,21,22,26)(H,23,24,25). The molecule has 0 aliphatic rings. The van der Waals surface area contributed by atoms with Gasteiger partial charge >= 0.3 is 0 Å². The summed E-state index contributed by atoms with van der Waals surface area (Å²) in [4.78, 5) is 36.1. The van der Waals surface area contributed by atoms with Gasteiger partial charge in [-0.3, -0.25) is 9.59 Å². The first-order valence-corrected chi connectivity index (χ1v) is 9.47. The largest absolute Gasteiger partial charge is 0.310 e. The number of aryl methyl sites for hydroxylation is 3. The van der Waals surface area contributed by atoms with Crippen LogP contribution in [0.1, 0.15) is 23.4 Å². The maximum Gasteiger partial charge on any atom is 0.258 e. The van der Waals surface area contributed by atoms with Gasteiger partial charge in [-0.25, -0.2) is 9.97 Å². The fourth-order valence-corrected chi connectivity index (χ4v) is 4.15. The number of aromatic nitrogens is 3. The molecule has 0 bridgehead atoms. The molecule has 6 nitrogen and oxygen atoms in total. The quantitative estimate of drug-likeness (QED) is 0.566. The van der Waals surface area contributed by atoms with Crippen LogP contribution in [0.3, 0.4) is 0 Å². The van der Waals surface area contributed by atoms with Gasteiger partial charge in [-0.15, -0.1) is 0 Å². The van der Waals surface area contributed by atoms with Gasteiger partial charge in [0.15, 0.2) is 5.13 Å². The van der Waals surface area contributed by atoms with Crippen LogP contribution in [-0.4, -0.2) is 20.9 Å². The van der Waals surface area contributed by atoms with Gasteiger partial charge < -0.3 is 10.3 Å². The first-order valence-electron chi connectivity index (χ1n) is 8.65. The van der Waals surface area contributed by atoms with Crippen LogP contribution in [0.15, 0.2) is 41.2 Å². The van der Waals surface area contributed by atoms with E-state index in [1.807, 2.05) is 19.9 Å². The first kappa shape index (κ1) is 17.4. The zero-order chi connectivity index (χ0) is 19.0. The van der Waals surface area contributed by atoms with Crippen molar-refractivity contribution in [3.63, 3.8) is 0 Å². The van der Waals surface area contributed by atoms with Gasteiger partial charge in [0.25, 0.3) is 5.56 Å². The molecule has 0 fully saturated rings. The highest BCUT2D eigenvalue weighted by Gasteiger charge is 2.11. The summed E-state index contributed by atoms with van der Waals surface area (Å²) in [7, 11) is 0. The molecule has 2 heterocycles. The van der Waals surface area contributed by atoms with Gasteiger partial charge in [0.2, 0.25) is 5.91 Å². The van der Waals surface area contributed by atoms with Crippen molar-refractivity contribution < 1.29 is 4.79 Å². The summed E-state index contributed by atoms with van der Waals surface area (Å²) in [5.41, 5.74) is 3.63. The second-order valence-corrected chi connectivity index (χ2v) is 7.56. The molecule has 4 rings (SSSR count). The summed E-state index contributed by atoms with van der Waals surface area (Å²) in [5, 5.41) is 3.98. The minimum atomic E-state index is -0.187. The molecular weight excluding hydrogens is 360 g/mol. The number of fused-ring (bicyclic) bond motifs is 2. The molecule has 0 unspecified atom stereocenters. The number of para-hydroxylation sites is 1. The van der Waals surface area contributed by atoms with E-state index in [2.05, 4.69) is 32.4 Å². The van der Waals surface area contributed by atoms with E-state index in [4.69, 9.17) is 0 Å². The first-order chi connectivity index (χ1) is 13.0. The number of anilines is 1. The average molecular weight is 378 g/mol. The molecule has 136 valence electrons. The second-order valence-electron chi connectivity index (χ2n) is 6.53. The molecule has 27 heavy (non-hydrogen) atoms. The number of benzene rings is 2. The van der Waals surface area contributed by atoms with Gasteiger partial charge in [0.05, 0.1) is 21.1 Å². The maximum atomic E-state index is 12.3. The molecule has 4 aromatic rings. The number of amides is 1. The fraction of sp³-hybridized carbons (Fsp3) is 0.200. The van der Waals surface area contributed by atoms with Crippen molar-refractivity contribution in [3.05, 3.63) is 63.7 Å². The van der Waals surface area contributed by atoms with Crippen LogP contribution in [0, 0.1) is 13.8 Å². The Kier molecular flexibility index (Phi) is 4.45. The van der Waals surface area contributed by atoms with Crippen molar-refractivity contribution >= 4 is 43.5 Å². The summed E-state index contributed by atoms with van der Waals surface area (Å²) in [6.07, 6.45) is 0.574. The van der Waals surface area contributed by atoms with Crippen LogP contribution in [0.5, 0.6) is 0 Å². The Morgan fingerprint density at radius 1 is 1.19 bits per heavy atom. The van der Waals surface area contributed by atoms with Crippen molar-refractivity contribution in [1.29, 1.82) is 0 Å². The van der Waals surface area contributed by atoms with E-state index < -0.39 is 0 Å². The van der Waals surface area contributed by atoms with Crippen LogP contribution in [0.25, 0.3) is 21.1 Å². The van der Waals surface area contributed by atoms with Crippen LogP contribution >= 0.6 is 11.3 Å². The Hall–Kier alpha value is -3.06. The van der Waals surface area contributed by atoms with Gasteiger partial charge in [-0.2, -0.15) is 0 Å². The topological polar surface area (TPSA) is 87.7 Å². The highest BCUT2D eigenvalue weighted by molar-refractivity contribution is 7.22. The molecule has 0 saturated carbocycles. The summed E-state index contributed by atoms with van der Waals surface area (Å²) >= 11 is 1.46. The lowest BCUT2D eigenvalue weighted by Gasteiger charge is -2.03. The highest BCUT2D eigenvalue weighted by Crippen LogP contribution is 2.29. The van der Waals surface area contributed by atoms with Crippen LogP contribution in [0.2, 0.25) is 0 Å². The second kappa shape index (κ2) is 6.92. The van der Waals surface area contributed by atoms with Crippen LogP contribution in [0.4, 0.5) is 5.13 Å². The Labute approximate surface area is 159 Å². The van der Waals surface area contributed by atoms with Crippen molar-refractivity contribution in [3.8, 4) is 0 Å². The number of carbonyl (C=O) groups is 1. The van der Waals surface area contributed by atoms with Crippen LogP contribution < -0.4 is 10.9 Å². The Morgan fingerprint density at radius 3 is 2.85 bits per heavy atom. The summed E-state index contributed by atoms with van der Waals surface area (Å²) in [6.45, 7) is 4.06. The third-order valence-electron chi connectivity index (χ3n) is 4.33. The van der Waals surface area contributed by atoms with E-state index in [0.717, 1.165) is 15.8 Å².